The van der Waals surface area contributed by atoms with Crippen molar-refractivity contribution in [3.05, 3.63) is 35.4 Å². The van der Waals surface area contributed by atoms with E-state index in [1.54, 1.807) is 0 Å². The number of hydrogen-bond donors (Lipinski definition) is 1. The van der Waals surface area contributed by atoms with Crippen LogP contribution in [0, 0.1) is 17.6 Å². The Morgan fingerprint density at radius 1 is 1.28 bits per heavy atom. The molecule has 0 bridgehead atoms. The smallest absolute Gasteiger partial charge is 0.126 e. The van der Waals surface area contributed by atoms with Crippen LogP contribution in [0.15, 0.2) is 18.2 Å². The molecular formula is C14H20F2N2. The van der Waals surface area contributed by atoms with Crippen LogP contribution in [0.3, 0.4) is 0 Å². The lowest BCUT2D eigenvalue weighted by molar-refractivity contribution is 0.145. The Morgan fingerprint density at radius 3 is 2.56 bits per heavy atom. The number of hydrogen-bond acceptors (Lipinski definition) is 2. The van der Waals surface area contributed by atoms with Crippen molar-refractivity contribution in [3.8, 4) is 0 Å². The molecule has 0 aromatic heterocycles. The van der Waals surface area contributed by atoms with Crippen molar-refractivity contribution in [2.24, 2.45) is 11.7 Å². The first-order valence-electron chi connectivity index (χ1n) is 6.51. The van der Waals surface area contributed by atoms with Crippen LogP contribution in [-0.4, -0.2) is 24.0 Å². The molecule has 0 radical (unpaired) electrons. The summed E-state index contributed by atoms with van der Waals surface area (Å²) in [6, 6.07) is 3.97. The van der Waals surface area contributed by atoms with Crippen molar-refractivity contribution < 1.29 is 8.78 Å². The third kappa shape index (κ3) is 3.27. The minimum Gasteiger partial charge on any atom is -0.327 e. The van der Waals surface area contributed by atoms with Gasteiger partial charge in [-0.25, -0.2) is 8.78 Å². The monoisotopic (exact) mass is 254 g/mol. The van der Waals surface area contributed by atoms with E-state index in [9.17, 15) is 8.78 Å². The van der Waals surface area contributed by atoms with Gasteiger partial charge in [-0.2, -0.15) is 0 Å². The zero-order valence-corrected chi connectivity index (χ0v) is 10.7. The highest BCUT2D eigenvalue weighted by Gasteiger charge is 2.25. The summed E-state index contributed by atoms with van der Waals surface area (Å²) in [5.74, 6) is -0.534. The molecule has 1 heterocycles. The Kier molecular flexibility index (Phi) is 4.30. The first-order valence-corrected chi connectivity index (χ1v) is 6.51. The average molecular weight is 254 g/mol. The molecule has 2 atom stereocenters. The van der Waals surface area contributed by atoms with Crippen LogP contribution in [0.1, 0.15) is 25.3 Å². The molecule has 18 heavy (non-hydrogen) atoms. The first-order chi connectivity index (χ1) is 8.58. The van der Waals surface area contributed by atoms with Gasteiger partial charge in [-0.1, -0.05) is 13.3 Å². The number of piperidine rings is 1. The van der Waals surface area contributed by atoms with Crippen LogP contribution < -0.4 is 5.73 Å². The zero-order chi connectivity index (χ0) is 13.1. The average Bonchev–Trinajstić information content (AvgIpc) is 2.30. The van der Waals surface area contributed by atoms with E-state index >= 15 is 0 Å². The van der Waals surface area contributed by atoms with Crippen LogP contribution in [0.5, 0.6) is 0 Å². The number of rotatable bonds is 3. The number of likely N-dealkylation sites (tertiary alicyclic amines) is 1. The zero-order valence-electron chi connectivity index (χ0n) is 10.7. The molecule has 1 aliphatic rings. The molecule has 0 spiro atoms. The van der Waals surface area contributed by atoms with Gasteiger partial charge in [-0.3, -0.25) is 4.90 Å². The molecular weight excluding hydrogens is 234 g/mol. The fourth-order valence-electron chi connectivity index (χ4n) is 2.66. The quantitative estimate of drug-likeness (QED) is 0.898. The van der Waals surface area contributed by atoms with Crippen molar-refractivity contribution >= 4 is 0 Å². The third-order valence-electron chi connectivity index (χ3n) is 3.73. The Hall–Kier alpha value is -1.00. The van der Waals surface area contributed by atoms with Crippen molar-refractivity contribution in [2.45, 2.75) is 32.4 Å². The molecule has 0 saturated carbocycles. The second-order valence-electron chi connectivity index (χ2n) is 5.13. The minimum atomic E-state index is -0.509. The van der Waals surface area contributed by atoms with Gasteiger partial charge < -0.3 is 5.73 Å². The van der Waals surface area contributed by atoms with E-state index < -0.39 is 11.6 Å². The SMILES string of the molecule is CCC1CN(Cc2cc(F)cc(F)c2)CCC1N. The summed E-state index contributed by atoms with van der Waals surface area (Å²) in [4.78, 5) is 2.23. The molecule has 0 aliphatic carbocycles. The van der Waals surface area contributed by atoms with E-state index in [0.29, 0.717) is 18.0 Å². The maximum Gasteiger partial charge on any atom is 0.126 e. The summed E-state index contributed by atoms with van der Waals surface area (Å²) in [6.45, 7) is 4.54. The second-order valence-corrected chi connectivity index (χ2v) is 5.13. The molecule has 2 nitrogen and oxygen atoms in total. The van der Waals surface area contributed by atoms with Gasteiger partial charge >= 0.3 is 0 Å². The molecule has 1 aromatic rings. The van der Waals surface area contributed by atoms with Crippen LogP contribution in [0.4, 0.5) is 8.78 Å². The maximum atomic E-state index is 13.1. The van der Waals surface area contributed by atoms with Gasteiger partial charge in [0.2, 0.25) is 0 Å². The molecule has 1 aliphatic heterocycles. The molecule has 4 heteroatoms. The van der Waals surface area contributed by atoms with E-state index in [-0.39, 0.29) is 6.04 Å². The molecule has 100 valence electrons. The van der Waals surface area contributed by atoms with Gasteiger partial charge in [0.25, 0.3) is 0 Å². The fraction of sp³-hybridized carbons (Fsp3) is 0.571. The van der Waals surface area contributed by atoms with Crippen LogP contribution in [0.2, 0.25) is 0 Å². The number of nitrogens with zero attached hydrogens (tertiary/aromatic N) is 1. The van der Waals surface area contributed by atoms with Gasteiger partial charge in [0.05, 0.1) is 0 Å². The molecule has 2 rings (SSSR count). The number of benzene rings is 1. The summed E-state index contributed by atoms with van der Waals surface area (Å²) in [5, 5.41) is 0. The lowest BCUT2D eigenvalue weighted by atomic mass is 9.90. The molecule has 2 unspecified atom stereocenters. The standard InChI is InChI=1S/C14H20F2N2/c1-2-11-9-18(4-3-14(11)17)8-10-5-12(15)7-13(16)6-10/h5-7,11,14H,2-4,8-9,17H2,1H3. The lowest BCUT2D eigenvalue weighted by Gasteiger charge is -2.36. The van der Waals surface area contributed by atoms with Gasteiger partial charge in [0.15, 0.2) is 0 Å². The van der Waals surface area contributed by atoms with E-state index in [2.05, 4.69) is 11.8 Å². The Labute approximate surface area is 107 Å². The summed E-state index contributed by atoms with van der Waals surface area (Å²) < 4.78 is 26.2. The Balaban J connectivity index is 2.01. The van der Waals surface area contributed by atoms with E-state index in [4.69, 9.17) is 5.73 Å². The first kappa shape index (κ1) is 13.4. The molecule has 1 saturated heterocycles. The van der Waals surface area contributed by atoms with Crippen LogP contribution >= 0.6 is 0 Å². The second kappa shape index (κ2) is 5.76. The molecule has 1 aromatic carbocycles. The number of nitrogens with two attached hydrogens (primary N) is 1. The Bertz CT molecular complexity index is 389. The van der Waals surface area contributed by atoms with Crippen LogP contribution in [0.25, 0.3) is 0 Å². The lowest BCUT2D eigenvalue weighted by Crippen LogP contribution is -2.46. The number of halogens is 2. The third-order valence-corrected chi connectivity index (χ3v) is 3.73. The van der Waals surface area contributed by atoms with Gasteiger partial charge in [0.1, 0.15) is 11.6 Å². The predicted octanol–water partition coefficient (Wildman–Crippen LogP) is 2.52. The normalized spacial score (nSPS) is 25.3. The van der Waals surface area contributed by atoms with Crippen molar-refractivity contribution in [1.29, 1.82) is 0 Å². The Morgan fingerprint density at radius 2 is 1.94 bits per heavy atom. The summed E-state index contributed by atoms with van der Waals surface area (Å²) in [7, 11) is 0. The van der Waals surface area contributed by atoms with Crippen molar-refractivity contribution in [1.82, 2.24) is 4.90 Å². The molecule has 2 N–H and O–H groups in total. The minimum absolute atomic E-state index is 0.260. The highest BCUT2D eigenvalue weighted by atomic mass is 19.1. The van der Waals surface area contributed by atoms with Crippen LogP contribution in [-0.2, 0) is 6.54 Å². The summed E-state index contributed by atoms with van der Waals surface area (Å²) in [5.41, 5.74) is 6.74. The van der Waals surface area contributed by atoms with Crippen molar-refractivity contribution in [3.63, 3.8) is 0 Å². The maximum absolute atomic E-state index is 13.1. The summed E-state index contributed by atoms with van der Waals surface area (Å²) in [6.07, 6.45) is 2.01. The summed E-state index contributed by atoms with van der Waals surface area (Å²) >= 11 is 0. The van der Waals surface area contributed by atoms with E-state index in [1.165, 1.54) is 12.1 Å². The highest BCUT2D eigenvalue weighted by Crippen LogP contribution is 2.20. The van der Waals surface area contributed by atoms with Gasteiger partial charge in [0, 0.05) is 25.2 Å². The largest absolute Gasteiger partial charge is 0.327 e. The molecule has 1 fully saturated rings. The topological polar surface area (TPSA) is 29.3 Å². The van der Waals surface area contributed by atoms with Gasteiger partial charge in [-0.15, -0.1) is 0 Å². The fourth-order valence-corrected chi connectivity index (χ4v) is 2.66. The van der Waals surface area contributed by atoms with Crippen molar-refractivity contribution in [2.75, 3.05) is 13.1 Å². The van der Waals surface area contributed by atoms with Gasteiger partial charge in [-0.05, 0) is 36.6 Å². The predicted molar refractivity (Wildman–Crippen MR) is 68.0 cm³/mol. The molecule has 0 amide bonds. The van der Waals surface area contributed by atoms with E-state index in [1.807, 2.05) is 0 Å². The highest BCUT2D eigenvalue weighted by molar-refractivity contribution is 5.17. The van der Waals surface area contributed by atoms with E-state index in [0.717, 1.165) is 32.0 Å².